The lowest BCUT2D eigenvalue weighted by Crippen LogP contribution is -2.51. The fraction of sp³-hybridized carbons (Fsp3) is 0.222. The van der Waals surface area contributed by atoms with Crippen LogP contribution in [0.3, 0.4) is 0 Å². The summed E-state index contributed by atoms with van der Waals surface area (Å²) in [5.74, 6) is 0. The summed E-state index contributed by atoms with van der Waals surface area (Å²) in [5, 5.41) is 0. The lowest BCUT2D eigenvalue weighted by molar-refractivity contribution is 0.165. The van der Waals surface area contributed by atoms with Crippen molar-refractivity contribution in [2.45, 2.75) is 51.1 Å². The monoisotopic (exact) mass is 494 g/mol. The number of nitrogens with zero attached hydrogens (tertiary/aromatic N) is 2. The smallest absolute Gasteiger partial charge is 0.0778 e. The molecule has 0 saturated heterocycles. The lowest BCUT2D eigenvalue weighted by atomic mass is 9.61. The summed E-state index contributed by atoms with van der Waals surface area (Å²) in [7, 11) is 0. The highest BCUT2D eigenvalue weighted by Gasteiger charge is 2.50. The predicted molar refractivity (Wildman–Crippen MR) is 158 cm³/mol. The molecule has 3 aromatic carbocycles. The van der Waals surface area contributed by atoms with Crippen LogP contribution in [0.5, 0.6) is 0 Å². The van der Waals surface area contributed by atoms with Crippen LogP contribution in [0.1, 0.15) is 62.4 Å². The highest BCUT2D eigenvalue weighted by atomic mass is 15.2. The van der Waals surface area contributed by atoms with Crippen LogP contribution in [0.4, 0.5) is 0 Å². The third-order valence-corrected chi connectivity index (χ3v) is 9.49. The summed E-state index contributed by atoms with van der Waals surface area (Å²) >= 11 is 0. The lowest BCUT2D eigenvalue weighted by Gasteiger charge is -2.52. The molecule has 2 unspecified atom stereocenters. The summed E-state index contributed by atoms with van der Waals surface area (Å²) in [5.41, 5.74) is 11.8. The van der Waals surface area contributed by atoms with Gasteiger partial charge in [-0.25, -0.2) is 0 Å². The maximum absolute atomic E-state index is 2.55. The third kappa shape index (κ3) is 3.19. The zero-order chi connectivity index (χ0) is 26.1. The Morgan fingerprint density at radius 1 is 0.789 bits per heavy atom. The SMILES string of the molecule is CC1=CC2c3ccccc3C=C(CC3(C)c4ccccc4-c4cccn4C3(C)C)N2C=C1c1ccccc1. The van der Waals surface area contributed by atoms with Crippen LogP contribution in [-0.2, 0) is 11.0 Å². The van der Waals surface area contributed by atoms with Gasteiger partial charge in [-0.3, -0.25) is 0 Å². The first-order valence-corrected chi connectivity index (χ1v) is 13.7. The summed E-state index contributed by atoms with van der Waals surface area (Å²) < 4.78 is 2.50. The van der Waals surface area contributed by atoms with E-state index in [2.05, 4.69) is 153 Å². The van der Waals surface area contributed by atoms with Crippen LogP contribution in [-0.4, -0.2) is 9.47 Å². The summed E-state index contributed by atoms with van der Waals surface area (Å²) in [6.07, 6.45) is 10.5. The van der Waals surface area contributed by atoms with Crippen LogP contribution in [0, 0.1) is 0 Å². The fourth-order valence-corrected chi connectivity index (χ4v) is 7.00. The number of hydrogen-bond acceptors (Lipinski definition) is 1. The average molecular weight is 495 g/mol. The first-order chi connectivity index (χ1) is 18.4. The molecule has 1 aromatic heterocycles. The van der Waals surface area contributed by atoms with Crippen molar-refractivity contribution in [1.82, 2.24) is 9.47 Å². The van der Waals surface area contributed by atoms with E-state index in [-0.39, 0.29) is 17.0 Å². The number of aromatic nitrogens is 1. The van der Waals surface area contributed by atoms with E-state index in [0.717, 1.165) is 6.42 Å². The molecule has 4 aromatic rings. The summed E-state index contributed by atoms with van der Waals surface area (Å²) in [4.78, 5) is 2.55. The standard InChI is InChI=1S/C36H34N2/c1-25-21-34-29-16-9-8-15-27(29)22-28(37(34)24-31(25)26-13-6-5-7-14-26)23-36(4)32-18-11-10-17-30(32)33-19-12-20-38(33)35(36,2)3/h5-22,24,34H,23H2,1-4H3. The minimum absolute atomic E-state index is 0.110. The minimum atomic E-state index is -0.116. The van der Waals surface area contributed by atoms with Gasteiger partial charge in [-0.05, 0) is 73.2 Å². The molecule has 0 radical (unpaired) electrons. The van der Waals surface area contributed by atoms with Crippen molar-refractivity contribution >= 4 is 11.6 Å². The first kappa shape index (κ1) is 23.1. The normalized spacial score (nSPS) is 22.8. The first-order valence-electron chi connectivity index (χ1n) is 13.7. The molecule has 0 aliphatic carbocycles. The van der Waals surface area contributed by atoms with Gasteiger partial charge in [-0.15, -0.1) is 0 Å². The van der Waals surface area contributed by atoms with E-state index in [4.69, 9.17) is 0 Å². The molecule has 0 saturated carbocycles. The number of fused-ring (bicyclic) bond motifs is 6. The second-order valence-electron chi connectivity index (χ2n) is 11.8. The van der Waals surface area contributed by atoms with Crippen molar-refractivity contribution in [3.63, 3.8) is 0 Å². The Kier molecular flexibility index (Phi) is 5.00. The Labute approximate surface area is 226 Å². The molecule has 0 bridgehead atoms. The van der Waals surface area contributed by atoms with E-state index in [0.29, 0.717) is 0 Å². The highest BCUT2D eigenvalue weighted by molar-refractivity contribution is 5.81. The van der Waals surface area contributed by atoms with E-state index in [1.807, 2.05) is 0 Å². The molecule has 38 heavy (non-hydrogen) atoms. The number of allylic oxidation sites excluding steroid dienone is 3. The van der Waals surface area contributed by atoms with Gasteiger partial charge in [0, 0.05) is 45.9 Å². The molecular weight excluding hydrogens is 460 g/mol. The van der Waals surface area contributed by atoms with Crippen molar-refractivity contribution < 1.29 is 0 Å². The van der Waals surface area contributed by atoms with Crippen LogP contribution in [0.25, 0.3) is 22.9 Å². The second-order valence-corrected chi connectivity index (χ2v) is 11.8. The van der Waals surface area contributed by atoms with Crippen molar-refractivity contribution in [3.8, 4) is 11.3 Å². The molecule has 3 aliphatic rings. The third-order valence-electron chi connectivity index (χ3n) is 9.49. The van der Waals surface area contributed by atoms with Gasteiger partial charge in [0.2, 0.25) is 0 Å². The Hall–Kier alpha value is -4.04. The van der Waals surface area contributed by atoms with Gasteiger partial charge < -0.3 is 9.47 Å². The van der Waals surface area contributed by atoms with E-state index in [1.54, 1.807) is 0 Å². The van der Waals surface area contributed by atoms with E-state index < -0.39 is 0 Å². The quantitative estimate of drug-likeness (QED) is 0.276. The van der Waals surface area contributed by atoms with Crippen molar-refractivity contribution in [2.24, 2.45) is 0 Å². The number of benzene rings is 3. The van der Waals surface area contributed by atoms with Gasteiger partial charge in [0.05, 0.1) is 6.04 Å². The second kappa shape index (κ2) is 8.23. The molecule has 0 spiro atoms. The van der Waals surface area contributed by atoms with Gasteiger partial charge in [0.15, 0.2) is 0 Å². The molecule has 4 heterocycles. The van der Waals surface area contributed by atoms with Crippen molar-refractivity contribution in [1.29, 1.82) is 0 Å². The number of hydrogen-bond donors (Lipinski definition) is 0. The zero-order valence-corrected chi connectivity index (χ0v) is 22.6. The van der Waals surface area contributed by atoms with Crippen LogP contribution < -0.4 is 0 Å². The summed E-state index contributed by atoms with van der Waals surface area (Å²) in [6.45, 7) is 9.55. The summed E-state index contributed by atoms with van der Waals surface area (Å²) in [6, 6.07) is 33.4. The Morgan fingerprint density at radius 3 is 2.37 bits per heavy atom. The van der Waals surface area contributed by atoms with Gasteiger partial charge in [0.1, 0.15) is 0 Å². The molecule has 2 heteroatoms. The van der Waals surface area contributed by atoms with E-state index >= 15 is 0 Å². The van der Waals surface area contributed by atoms with E-state index in [1.165, 1.54) is 50.4 Å². The van der Waals surface area contributed by atoms with Gasteiger partial charge in [-0.1, -0.05) is 91.9 Å². The molecule has 0 amide bonds. The van der Waals surface area contributed by atoms with Crippen molar-refractivity contribution in [3.05, 3.63) is 143 Å². The molecule has 0 N–H and O–H groups in total. The minimum Gasteiger partial charge on any atom is -0.341 e. The van der Waals surface area contributed by atoms with Gasteiger partial charge in [-0.2, -0.15) is 0 Å². The zero-order valence-electron chi connectivity index (χ0n) is 22.6. The predicted octanol–water partition coefficient (Wildman–Crippen LogP) is 8.95. The topological polar surface area (TPSA) is 8.17 Å². The van der Waals surface area contributed by atoms with E-state index in [9.17, 15) is 0 Å². The average Bonchev–Trinajstić information content (AvgIpc) is 3.44. The van der Waals surface area contributed by atoms with Crippen LogP contribution >= 0.6 is 0 Å². The molecule has 0 fully saturated rings. The molecule has 2 nitrogen and oxygen atoms in total. The van der Waals surface area contributed by atoms with Crippen LogP contribution in [0.15, 0.2) is 121 Å². The Bertz CT molecular complexity index is 1650. The molecule has 188 valence electrons. The fourth-order valence-electron chi connectivity index (χ4n) is 7.00. The highest BCUT2D eigenvalue weighted by Crippen LogP contribution is 2.55. The molecule has 2 atom stereocenters. The largest absolute Gasteiger partial charge is 0.341 e. The van der Waals surface area contributed by atoms with Crippen molar-refractivity contribution in [2.75, 3.05) is 0 Å². The Morgan fingerprint density at radius 2 is 1.53 bits per heavy atom. The Balaban J connectivity index is 1.40. The maximum atomic E-state index is 2.55. The molecule has 7 rings (SSSR count). The van der Waals surface area contributed by atoms with Gasteiger partial charge >= 0.3 is 0 Å². The van der Waals surface area contributed by atoms with Gasteiger partial charge in [0.25, 0.3) is 0 Å². The molecule has 3 aliphatic heterocycles. The maximum Gasteiger partial charge on any atom is 0.0778 e. The van der Waals surface area contributed by atoms with Crippen LogP contribution in [0.2, 0.25) is 0 Å². The number of rotatable bonds is 3. The molecular formula is C36H34N2.